The molecule has 0 saturated carbocycles. The van der Waals surface area contributed by atoms with Crippen molar-refractivity contribution in [2.75, 3.05) is 6.61 Å². The quantitative estimate of drug-likeness (QED) is 0.702. The Kier molecular flexibility index (Phi) is 2.44. The Hall–Kier alpha value is -0.330. The Bertz CT molecular complexity index is 329. The van der Waals surface area contributed by atoms with Crippen LogP contribution in [0.15, 0.2) is 18.2 Å². The molecule has 1 aliphatic heterocycles. The number of nitrogens with two attached hydrogens (primary N) is 1. The summed E-state index contributed by atoms with van der Waals surface area (Å²) in [5.74, 6) is 0.790. The third kappa shape index (κ3) is 1.66. The molecule has 0 radical (unpaired) electrons. The molecule has 0 amide bonds. The molecule has 0 fully saturated rings. The van der Waals surface area contributed by atoms with Crippen molar-refractivity contribution < 1.29 is 9.84 Å². The number of ether oxygens (including phenoxy) is 1. The lowest BCUT2D eigenvalue weighted by atomic mass is 9.99. The molecular weight excluding hydrogens is 281 g/mol. The van der Waals surface area contributed by atoms with Crippen LogP contribution in [-0.4, -0.2) is 17.8 Å². The molecule has 2 atom stereocenters. The predicted octanol–water partition coefficient (Wildman–Crippen LogP) is 1.04. The van der Waals surface area contributed by atoms with Gasteiger partial charge in [0.05, 0.1) is 6.04 Å². The molecule has 3 N–H and O–H groups in total. The summed E-state index contributed by atoms with van der Waals surface area (Å²) in [7, 11) is 0. The Morgan fingerprint density at radius 2 is 2.31 bits per heavy atom. The number of hydrogen-bond acceptors (Lipinski definition) is 3. The Morgan fingerprint density at radius 1 is 1.54 bits per heavy atom. The van der Waals surface area contributed by atoms with E-state index in [0.717, 1.165) is 14.9 Å². The molecule has 0 saturated heterocycles. The van der Waals surface area contributed by atoms with E-state index < -0.39 is 6.10 Å². The first-order valence-electron chi connectivity index (χ1n) is 4.04. The van der Waals surface area contributed by atoms with E-state index >= 15 is 0 Å². The molecule has 1 aliphatic rings. The van der Waals surface area contributed by atoms with Gasteiger partial charge in [0.25, 0.3) is 0 Å². The molecule has 0 spiro atoms. The highest BCUT2D eigenvalue weighted by Gasteiger charge is 2.26. The molecular formula is C9H10INO2. The topological polar surface area (TPSA) is 55.5 Å². The summed E-state index contributed by atoms with van der Waals surface area (Å²) in [6.07, 6.45) is -0.592. The van der Waals surface area contributed by atoms with Gasteiger partial charge in [-0.3, -0.25) is 0 Å². The fraction of sp³-hybridized carbons (Fsp3) is 0.333. The van der Waals surface area contributed by atoms with Crippen molar-refractivity contribution in [3.8, 4) is 5.75 Å². The van der Waals surface area contributed by atoms with Crippen LogP contribution in [0.5, 0.6) is 5.75 Å². The summed E-state index contributed by atoms with van der Waals surface area (Å²) in [5.41, 5.74) is 6.72. The zero-order valence-electron chi connectivity index (χ0n) is 6.90. The SMILES string of the molecule is N[C@@H]1c2cc(I)ccc2OC[C@@H]1O. The van der Waals surface area contributed by atoms with Crippen LogP contribution in [0.25, 0.3) is 0 Å². The van der Waals surface area contributed by atoms with Crippen molar-refractivity contribution in [3.05, 3.63) is 27.3 Å². The number of aliphatic hydroxyl groups is 1. The van der Waals surface area contributed by atoms with Crippen molar-refractivity contribution in [2.45, 2.75) is 12.1 Å². The standard InChI is InChI=1S/C9H10INO2/c10-5-1-2-8-6(3-5)9(11)7(12)4-13-8/h1-3,7,9,12H,4,11H2/t7-,9+/m0/s1. The molecule has 3 nitrogen and oxygen atoms in total. The molecule has 2 rings (SSSR count). The first kappa shape index (κ1) is 9.23. The maximum absolute atomic E-state index is 9.46. The summed E-state index contributed by atoms with van der Waals surface area (Å²) in [6.45, 7) is 0.286. The minimum absolute atomic E-state index is 0.286. The van der Waals surface area contributed by atoms with Gasteiger partial charge in [0.2, 0.25) is 0 Å². The number of fused-ring (bicyclic) bond motifs is 1. The van der Waals surface area contributed by atoms with E-state index in [4.69, 9.17) is 10.5 Å². The Balaban J connectivity index is 2.45. The average molecular weight is 291 g/mol. The van der Waals surface area contributed by atoms with Crippen molar-refractivity contribution in [3.63, 3.8) is 0 Å². The first-order chi connectivity index (χ1) is 6.18. The van der Waals surface area contributed by atoms with E-state index in [1.54, 1.807) is 0 Å². The second kappa shape index (κ2) is 3.43. The van der Waals surface area contributed by atoms with E-state index in [-0.39, 0.29) is 12.6 Å². The number of rotatable bonds is 0. The van der Waals surface area contributed by atoms with Gasteiger partial charge in [-0.25, -0.2) is 0 Å². The van der Waals surface area contributed by atoms with Crippen LogP contribution in [0, 0.1) is 3.57 Å². The molecule has 70 valence electrons. The van der Waals surface area contributed by atoms with Gasteiger partial charge in [-0.15, -0.1) is 0 Å². The fourth-order valence-electron chi connectivity index (χ4n) is 1.40. The third-order valence-corrected chi connectivity index (χ3v) is 2.83. The molecule has 0 aliphatic carbocycles. The van der Waals surface area contributed by atoms with Crippen LogP contribution in [0.2, 0.25) is 0 Å². The first-order valence-corrected chi connectivity index (χ1v) is 5.12. The van der Waals surface area contributed by atoms with Crippen molar-refractivity contribution in [2.24, 2.45) is 5.73 Å². The van der Waals surface area contributed by atoms with Crippen LogP contribution in [-0.2, 0) is 0 Å². The monoisotopic (exact) mass is 291 g/mol. The largest absolute Gasteiger partial charge is 0.490 e. The zero-order chi connectivity index (χ0) is 9.42. The summed E-state index contributed by atoms with van der Waals surface area (Å²) >= 11 is 2.21. The lowest BCUT2D eigenvalue weighted by Gasteiger charge is -2.27. The summed E-state index contributed by atoms with van der Waals surface area (Å²) in [5, 5.41) is 9.46. The van der Waals surface area contributed by atoms with Crippen LogP contribution in [0.3, 0.4) is 0 Å². The average Bonchev–Trinajstić information content (AvgIpc) is 2.12. The van der Waals surface area contributed by atoms with Crippen LogP contribution in [0.4, 0.5) is 0 Å². The minimum Gasteiger partial charge on any atom is -0.490 e. The smallest absolute Gasteiger partial charge is 0.124 e. The third-order valence-electron chi connectivity index (χ3n) is 2.16. The van der Waals surface area contributed by atoms with Gasteiger partial charge in [-0.1, -0.05) is 0 Å². The molecule has 1 heterocycles. The van der Waals surface area contributed by atoms with Gasteiger partial charge < -0.3 is 15.6 Å². The van der Waals surface area contributed by atoms with Gasteiger partial charge in [-0.05, 0) is 40.8 Å². The van der Waals surface area contributed by atoms with Crippen molar-refractivity contribution in [1.82, 2.24) is 0 Å². The zero-order valence-corrected chi connectivity index (χ0v) is 9.06. The molecule has 4 heteroatoms. The Labute approximate surface area is 90.0 Å². The number of aliphatic hydroxyl groups excluding tert-OH is 1. The molecule has 0 aromatic heterocycles. The lowest BCUT2D eigenvalue weighted by molar-refractivity contribution is 0.0678. The predicted molar refractivity (Wildman–Crippen MR) is 57.6 cm³/mol. The van der Waals surface area contributed by atoms with E-state index in [0.29, 0.717) is 0 Å². The number of benzene rings is 1. The number of halogens is 1. The van der Waals surface area contributed by atoms with Crippen LogP contribution in [0.1, 0.15) is 11.6 Å². The molecule has 1 aromatic rings. The Morgan fingerprint density at radius 3 is 3.08 bits per heavy atom. The summed E-state index contributed by atoms with van der Waals surface area (Å²) in [4.78, 5) is 0. The van der Waals surface area contributed by atoms with E-state index in [9.17, 15) is 5.11 Å². The van der Waals surface area contributed by atoms with Crippen LogP contribution >= 0.6 is 22.6 Å². The highest BCUT2D eigenvalue weighted by atomic mass is 127. The highest BCUT2D eigenvalue weighted by Crippen LogP contribution is 2.31. The van der Waals surface area contributed by atoms with Crippen molar-refractivity contribution in [1.29, 1.82) is 0 Å². The summed E-state index contributed by atoms with van der Waals surface area (Å²) in [6, 6.07) is 5.48. The normalized spacial score (nSPS) is 26.4. The lowest BCUT2D eigenvalue weighted by Crippen LogP contribution is -2.35. The maximum Gasteiger partial charge on any atom is 0.124 e. The fourth-order valence-corrected chi connectivity index (χ4v) is 1.91. The molecule has 1 aromatic carbocycles. The second-order valence-corrected chi connectivity index (χ2v) is 4.33. The molecule has 0 unspecified atom stereocenters. The van der Waals surface area contributed by atoms with Crippen molar-refractivity contribution >= 4 is 22.6 Å². The summed E-state index contributed by atoms with van der Waals surface area (Å²) < 4.78 is 6.43. The highest BCUT2D eigenvalue weighted by molar-refractivity contribution is 14.1. The van der Waals surface area contributed by atoms with Gasteiger partial charge in [0, 0.05) is 9.13 Å². The maximum atomic E-state index is 9.46. The van der Waals surface area contributed by atoms with Gasteiger partial charge in [0.15, 0.2) is 0 Å². The minimum atomic E-state index is -0.592. The van der Waals surface area contributed by atoms with Gasteiger partial charge in [-0.2, -0.15) is 0 Å². The van der Waals surface area contributed by atoms with Gasteiger partial charge >= 0.3 is 0 Å². The molecule has 0 bridgehead atoms. The van der Waals surface area contributed by atoms with E-state index in [2.05, 4.69) is 22.6 Å². The van der Waals surface area contributed by atoms with E-state index in [1.807, 2.05) is 18.2 Å². The van der Waals surface area contributed by atoms with E-state index in [1.165, 1.54) is 0 Å². The second-order valence-electron chi connectivity index (χ2n) is 3.09. The molecule has 13 heavy (non-hydrogen) atoms. The van der Waals surface area contributed by atoms with Crippen LogP contribution < -0.4 is 10.5 Å². The number of hydrogen-bond donors (Lipinski definition) is 2. The van der Waals surface area contributed by atoms with Gasteiger partial charge in [0.1, 0.15) is 18.5 Å².